The first-order chi connectivity index (χ1) is 7.88. The molecule has 0 aliphatic carbocycles. The second kappa shape index (κ2) is 3.64. The minimum absolute atomic E-state index is 0.865. The van der Waals surface area contributed by atoms with Crippen LogP contribution in [0, 0.1) is 0 Å². The smallest absolute Gasteiger partial charge is 0.152 e. The zero-order valence-corrected chi connectivity index (χ0v) is 9.54. The number of hydrogen-bond acceptors (Lipinski definition) is 3. The summed E-state index contributed by atoms with van der Waals surface area (Å²) in [5.74, 6) is 1.73. The summed E-state index contributed by atoms with van der Waals surface area (Å²) in [7, 11) is 1.67. The molecule has 0 unspecified atom stereocenters. The number of para-hydroxylation sites is 2. The number of nitrogens with one attached hydrogen (secondary N) is 1. The highest BCUT2D eigenvalue weighted by molar-refractivity contribution is 7.13. The lowest BCUT2D eigenvalue weighted by Gasteiger charge is -1.97. The molecule has 0 atom stereocenters. The van der Waals surface area contributed by atoms with Gasteiger partial charge in [0.1, 0.15) is 10.6 Å². The number of fused-ring (bicyclic) bond motifs is 1. The minimum Gasteiger partial charge on any atom is -0.495 e. The van der Waals surface area contributed by atoms with Gasteiger partial charge in [0, 0.05) is 0 Å². The predicted octanol–water partition coefficient (Wildman–Crippen LogP) is 3.30. The minimum atomic E-state index is 0.865. The maximum Gasteiger partial charge on any atom is 0.152 e. The van der Waals surface area contributed by atoms with Crippen LogP contribution in [0.3, 0.4) is 0 Å². The van der Waals surface area contributed by atoms with Crippen molar-refractivity contribution in [2.75, 3.05) is 7.11 Å². The predicted molar refractivity (Wildman–Crippen MR) is 66.0 cm³/mol. The van der Waals surface area contributed by atoms with E-state index in [0.717, 1.165) is 27.5 Å². The fourth-order valence-corrected chi connectivity index (χ4v) is 2.49. The Bertz CT molecular complexity index is 594. The number of nitrogens with zero attached hydrogens (tertiary/aromatic N) is 1. The van der Waals surface area contributed by atoms with E-state index in [-0.39, 0.29) is 0 Å². The number of H-pyrrole nitrogens is 1. The van der Waals surface area contributed by atoms with E-state index in [1.807, 2.05) is 35.7 Å². The van der Waals surface area contributed by atoms with E-state index in [9.17, 15) is 0 Å². The van der Waals surface area contributed by atoms with Crippen molar-refractivity contribution in [1.29, 1.82) is 0 Å². The highest BCUT2D eigenvalue weighted by atomic mass is 32.1. The van der Waals surface area contributed by atoms with Gasteiger partial charge >= 0.3 is 0 Å². The van der Waals surface area contributed by atoms with Gasteiger partial charge in [0.15, 0.2) is 5.82 Å². The Morgan fingerprint density at radius 1 is 1.25 bits per heavy atom. The zero-order chi connectivity index (χ0) is 11.0. The topological polar surface area (TPSA) is 37.9 Å². The molecule has 2 heterocycles. The summed E-state index contributed by atoms with van der Waals surface area (Å²) in [5, 5.41) is 2.00. The molecule has 0 saturated heterocycles. The van der Waals surface area contributed by atoms with E-state index < -0.39 is 0 Å². The summed E-state index contributed by atoms with van der Waals surface area (Å²) in [6, 6.07) is 9.95. The van der Waals surface area contributed by atoms with E-state index in [1.165, 1.54) is 0 Å². The summed E-state index contributed by atoms with van der Waals surface area (Å²) in [6.45, 7) is 0. The zero-order valence-electron chi connectivity index (χ0n) is 8.73. The molecule has 0 saturated carbocycles. The van der Waals surface area contributed by atoms with Crippen LogP contribution in [-0.2, 0) is 0 Å². The number of benzene rings is 1. The van der Waals surface area contributed by atoms with Crippen molar-refractivity contribution in [3.63, 3.8) is 0 Å². The number of imidazole rings is 1. The van der Waals surface area contributed by atoms with E-state index in [4.69, 9.17) is 4.74 Å². The molecule has 0 aliphatic heterocycles. The molecule has 1 N–H and O–H groups in total. The Balaban J connectivity index is 2.19. The van der Waals surface area contributed by atoms with E-state index in [0.29, 0.717) is 0 Å². The van der Waals surface area contributed by atoms with E-state index >= 15 is 0 Å². The first kappa shape index (κ1) is 9.42. The van der Waals surface area contributed by atoms with Gasteiger partial charge in [-0.1, -0.05) is 12.1 Å². The average molecular weight is 230 g/mol. The molecule has 0 amide bonds. The third-order valence-corrected chi connectivity index (χ3v) is 3.36. The first-order valence-electron chi connectivity index (χ1n) is 4.95. The molecule has 0 spiro atoms. The molecule has 80 valence electrons. The number of thiophene rings is 1. The van der Waals surface area contributed by atoms with Crippen LogP contribution in [0.1, 0.15) is 0 Å². The molecule has 4 heteroatoms. The number of aromatic amines is 1. The summed E-state index contributed by atoms with van der Waals surface area (Å²) >= 11 is 1.62. The molecule has 0 bridgehead atoms. The van der Waals surface area contributed by atoms with Gasteiger partial charge in [-0.15, -0.1) is 11.3 Å². The fraction of sp³-hybridized carbons (Fsp3) is 0.0833. The van der Waals surface area contributed by atoms with Crippen molar-refractivity contribution in [1.82, 2.24) is 9.97 Å². The molecule has 0 aliphatic rings. The number of hydrogen-bond donors (Lipinski definition) is 1. The van der Waals surface area contributed by atoms with Gasteiger partial charge in [-0.3, -0.25) is 0 Å². The highest BCUT2D eigenvalue weighted by Gasteiger charge is 2.11. The molecule has 3 nitrogen and oxygen atoms in total. The van der Waals surface area contributed by atoms with Crippen molar-refractivity contribution in [3.05, 3.63) is 35.7 Å². The van der Waals surface area contributed by atoms with Gasteiger partial charge in [-0.25, -0.2) is 4.98 Å². The lowest BCUT2D eigenvalue weighted by atomic mass is 10.3. The summed E-state index contributed by atoms with van der Waals surface area (Å²) in [6.07, 6.45) is 0. The Labute approximate surface area is 96.7 Å². The van der Waals surface area contributed by atoms with Crippen LogP contribution in [0.5, 0.6) is 5.75 Å². The molecule has 1 aromatic carbocycles. The lowest BCUT2D eigenvalue weighted by molar-refractivity contribution is 0.418. The molecule has 16 heavy (non-hydrogen) atoms. The normalized spacial score (nSPS) is 10.8. The van der Waals surface area contributed by atoms with Crippen molar-refractivity contribution >= 4 is 22.4 Å². The molecule has 0 fully saturated rings. The van der Waals surface area contributed by atoms with Gasteiger partial charge in [-0.05, 0) is 23.6 Å². The van der Waals surface area contributed by atoms with Crippen LogP contribution in [0.4, 0.5) is 0 Å². The second-order valence-corrected chi connectivity index (χ2v) is 4.34. The van der Waals surface area contributed by atoms with Gasteiger partial charge < -0.3 is 9.72 Å². The maximum atomic E-state index is 5.29. The van der Waals surface area contributed by atoms with Crippen LogP contribution in [0.2, 0.25) is 0 Å². The Kier molecular flexibility index (Phi) is 2.15. The van der Waals surface area contributed by atoms with Gasteiger partial charge in [-0.2, -0.15) is 0 Å². The second-order valence-electron chi connectivity index (χ2n) is 3.42. The van der Waals surface area contributed by atoms with Crippen LogP contribution >= 0.6 is 11.3 Å². The molecule has 3 aromatic rings. The molecule has 0 radical (unpaired) electrons. The molecule has 3 rings (SSSR count). The Morgan fingerprint density at radius 3 is 2.94 bits per heavy atom. The lowest BCUT2D eigenvalue weighted by Crippen LogP contribution is -1.83. The van der Waals surface area contributed by atoms with Crippen LogP contribution < -0.4 is 4.74 Å². The van der Waals surface area contributed by atoms with E-state index in [2.05, 4.69) is 9.97 Å². The van der Waals surface area contributed by atoms with Crippen molar-refractivity contribution in [2.45, 2.75) is 0 Å². The quantitative estimate of drug-likeness (QED) is 0.733. The average Bonchev–Trinajstić information content (AvgIpc) is 2.94. The Hall–Kier alpha value is -1.81. The third kappa shape index (κ3) is 1.39. The standard InChI is InChI=1S/C12H10N2OS/c1-15-10-6-7-16-11(10)12-13-8-4-2-3-5-9(8)14-12/h2-7H,1H3,(H,13,14). The van der Waals surface area contributed by atoms with Crippen LogP contribution in [0.25, 0.3) is 21.7 Å². The first-order valence-corrected chi connectivity index (χ1v) is 5.83. The monoisotopic (exact) mass is 230 g/mol. The van der Waals surface area contributed by atoms with Gasteiger partial charge in [0.25, 0.3) is 0 Å². The summed E-state index contributed by atoms with van der Waals surface area (Å²) in [4.78, 5) is 8.87. The third-order valence-electron chi connectivity index (χ3n) is 2.45. The number of aromatic nitrogens is 2. The van der Waals surface area contributed by atoms with Crippen LogP contribution in [-0.4, -0.2) is 17.1 Å². The van der Waals surface area contributed by atoms with Gasteiger partial charge in [0.05, 0.1) is 18.1 Å². The number of ether oxygens (including phenoxy) is 1. The fourth-order valence-electron chi connectivity index (χ4n) is 1.69. The number of methoxy groups -OCH3 is 1. The molecular weight excluding hydrogens is 220 g/mol. The maximum absolute atomic E-state index is 5.29. The van der Waals surface area contributed by atoms with Crippen molar-refractivity contribution in [3.8, 4) is 16.5 Å². The summed E-state index contributed by atoms with van der Waals surface area (Å²) in [5.41, 5.74) is 2.03. The van der Waals surface area contributed by atoms with Gasteiger partial charge in [0.2, 0.25) is 0 Å². The van der Waals surface area contributed by atoms with Crippen LogP contribution in [0.15, 0.2) is 35.7 Å². The molecular formula is C12H10N2OS. The van der Waals surface area contributed by atoms with Crippen molar-refractivity contribution < 1.29 is 4.74 Å². The molecule has 2 aromatic heterocycles. The summed E-state index contributed by atoms with van der Waals surface area (Å²) < 4.78 is 5.29. The Morgan fingerprint density at radius 2 is 2.12 bits per heavy atom. The number of rotatable bonds is 2. The SMILES string of the molecule is COc1ccsc1-c1nc2ccccc2[nH]1. The highest BCUT2D eigenvalue weighted by Crippen LogP contribution is 2.34. The van der Waals surface area contributed by atoms with Crippen molar-refractivity contribution in [2.24, 2.45) is 0 Å². The van der Waals surface area contributed by atoms with E-state index in [1.54, 1.807) is 18.4 Å². The largest absolute Gasteiger partial charge is 0.495 e.